The van der Waals surface area contributed by atoms with Gasteiger partial charge in [-0.15, -0.1) is 0 Å². The lowest BCUT2D eigenvalue weighted by Gasteiger charge is -2.39. The van der Waals surface area contributed by atoms with Crippen molar-refractivity contribution in [1.29, 1.82) is 0 Å². The summed E-state index contributed by atoms with van der Waals surface area (Å²) in [5.41, 5.74) is -2.42. The Morgan fingerprint density at radius 1 is 0.925 bits per heavy atom. The second kappa shape index (κ2) is 13.4. The van der Waals surface area contributed by atoms with E-state index in [1.54, 1.807) is 30.3 Å². The first-order valence-corrected chi connectivity index (χ1v) is 16.0. The van der Waals surface area contributed by atoms with Gasteiger partial charge in [-0.1, -0.05) is 30.3 Å². The predicted molar refractivity (Wildman–Crippen MR) is 135 cm³/mol. The summed E-state index contributed by atoms with van der Waals surface area (Å²) in [4.78, 5) is 0. The molecule has 0 radical (unpaired) electrons. The lowest BCUT2D eigenvalue weighted by molar-refractivity contribution is -0.143. The molecule has 0 bridgehead atoms. The molecule has 0 aliphatic carbocycles. The molecule has 1 fully saturated rings. The normalized spacial score (nSPS) is 21.3. The van der Waals surface area contributed by atoms with Crippen molar-refractivity contribution in [2.24, 2.45) is 5.92 Å². The van der Waals surface area contributed by atoms with Crippen LogP contribution < -0.4 is 0 Å². The topological polar surface area (TPSA) is 96.0 Å². The summed E-state index contributed by atoms with van der Waals surface area (Å²) >= 11 is 0. The van der Waals surface area contributed by atoms with E-state index in [0.717, 1.165) is 18.1 Å². The maximum absolute atomic E-state index is 13.3. The molecule has 0 unspecified atom stereocenters. The third-order valence-electron chi connectivity index (χ3n) is 5.66. The Hall–Kier alpha value is -1.91. The van der Waals surface area contributed by atoms with Crippen molar-refractivity contribution < 1.29 is 56.8 Å². The van der Waals surface area contributed by atoms with Crippen molar-refractivity contribution in [2.45, 2.75) is 37.4 Å². The molecule has 1 heterocycles. The van der Waals surface area contributed by atoms with Crippen LogP contribution in [-0.4, -0.2) is 55.3 Å². The van der Waals surface area contributed by atoms with Crippen molar-refractivity contribution in [3.05, 3.63) is 70.8 Å². The Bertz CT molecular complexity index is 1290. The number of ether oxygens (including phenoxy) is 2. The molecular weight excluding hydrogens is 614 g/mol. The monoisotopic (exact) mass is 640 g/mol. The highest BCUT2D eigenvalue weighted by Crippen LogP contribution is 2.40. The molecule has 0 saturated carbocycles. The molecule has 0 N–H and O–H groups in total. The molecule has 0 aromatic heterocycles. The molecule has 40 heavy (non-hydrogen) atoms. The zero-order valence-electron chi connectivity index (χ0n) is 21.4. The van der Waals surface area contributed by atoms with E-state index in [0.29, 0.717) is 12.1 Å². The summed E-state index contributed by atoms with van der Waals surface area (Å²) in [5.74, 6) is -0.979. The first kappa shape index (κ1) is 34.3. The summed E-state index contributed by atoms with van der Waals surface area (Å²) in [6.45, 7) is 1.26. The summed E-state index contributed by atoms with van der Waals surface area (Å²) < 4.78 is 138. The summed E-state index contributed by atoms with van der Waals surface area (Å²) in [7, 11) is -2.45. The summed E-state index contributed by atoms with van der Waals surface area (Å²) in [6, 6.07) is 10.1. The largest absolute Gasteiger partial charge is 0.416 e. The van der Waals surface area contributed by atoms with Crippen LogP contribution in [-0.2, 0) is 45.2 Å². The standard InChI is InChI=1S/C23H24F6O5S.CH3ClO2S/c1-14(16-8-18(22(24,25)26)10-19(9-16)23(27,28)29)34-20-13-32-11-17(12-33-35(2,30)31)21(20)15-6-4-3-5-7-15;1-5(2,3)4/h3-10,14,17,20-21H,11-13H2,1-2H3;1H3/t14-,17+,20+,21+;/m1./s1. The van der Waals surface area contributed by atoms with Crippen LogP contribution in [0.15, 0.2) is 48.5 Å². The van der Waals surface area contributed by atoms with Crippen LogP contribution in [0.1, 0.15) is 41.2 Å². The smallest absolute Gasteiger partial charge is 0.378 e. The summed E-state index contributed by atoms with van der Waals surface area (Å²) in [6.07, 6.45) is -10.1. The van der Waals surface area contributed by atoms with E-state index in [-0.39, 0.29) is 31.5 Å². The molecule has 1 aliphatic heterocycles. The molecule has 1 aliphatic rings. The van der Waals surface area contributed by atoms with Gasteiger partial charge in [0.1, 0.15) is 0 Å². The molecule has 4 atom stereocenters. The highest BCUT2D eigenvalue weighted by Gasteiger charge is 2.40. The number of hydrogen-bond donors (Lipinski definition) is 0. The van der Waals surface area contributed by atoms with Crippen LogP contribution in [0.5, 0.6) is 0 Å². The fourth-order valence-electron chi connectivity index (χ4n) is 4.05. The van der Waals surface area contributed by atoms with Gasteiger partial charge in [-0.3, -0.25) is 4.18 Å². The minimum absolute atomic E-state index is 0.00433. The number of alkyl halides is 6. The van der Waals surface area contributed by atoms with E-state index in [4.69, 9.17) is 13.7 Å². The van der Waals surface area contributed by atoms with Gasteiger partial charge in [0.05, 0.1) is 55.7 Å². The Labute approximate surface area is 232 Å². The Morgan fingerprint density at radius 3 is 1.88 bits per heavy atom. The third-order valence-corrected chi connectivity index (χ3v) is 6.23. The van der Waals surface area contributed by atoms with Crippen LogP contribution in [0.4, 0.5) is 26.3 Å². The average molecular weight is 641 g/mol. The molecule has 2 aromatic rings. The second-order valence-corrected chi connectivity index (χ2v) is 13.7. The van der Waals surface area contributed by atoms with E-state index >= 15 is 0 Å². The molecule has 2 aromatic carbocycles. The van der Waals surface area contributed by atoms with Gasteiger partial charge in [0.2, 0.25) is 9.05 Å². The predicted octanol–water partition coefficient (Wildman–Crippen LogP) is 5.76. The van der Waals surface area contributed by atoms with Gasteiger partial charge in [-0.2, -0.15) is 34.8 Å². The van der Waals surface area contributed by atoms with Crippen molar-refractivity contribution in [1.82, 2.24) is 0 Å². The van der Waals surface area contributed by atoms with Crippen molar-refractivity contribution in [3.8, 4) is 0 Å². The number of hydrogen-bond acceptors (Lipinski definition) is 7. The highest BCUT2D eigenvalue weighted by atomic mass is 35.7. The van der Waals surface area contributed by atoms with Gasteiger partial charge in [0.25, 0.3) is 10.1 Å². The van der Waals surface area contributed by atoms with Crippen molar-refractivity contribution in [3.63, 3.8) is 0 Å². The van der Waals surface area contributed by atoms with Gasteiger partial charge in [-0.05, 0) is 36.2 Å². The SMILES string of the molecule is CS(=O)(=O)Cl.C[C@@H](O[C@H]1COC[C@@H](COS(C)(=O)=O)[C@@H]1c1ccccc1)c1cc(C(F)(F)F)cc(C(F)(F)F)c1. The maximum atomic E-state index is 13.3. The van der Waals surface area contributed by atoms with Gasteiger partial charge >= 0.3 is 12.4 Å². The third kappa shape index (κ3) is 11.5. The van der Waals surface area contributed by atoms with Gasteiger partial charge in [0.15, 0.2) is 0 Å². The highest BCUT2D eigenvalue weighted by molar-refractivity contribution is 8.13. The van der Waals surface area contributed by atoms with Gasteiger partial charge in [-0.25, -0.2) is 8.42 Å². The van der Waals surface area contributed by atoms with Crippen LogP contribution in [0.25, 0.3) is 0 Å². The fourth-order valence-corrected chi connectivity index (χ4v) is 4.47. The Balaban J connectivity index is 0.00000103. The molecule has 16 heteroatoms. The lowest BCUT2D eigenvalue weighted by atomic mass is 9.81. The molecule has 0 spiro atoms. The van der Waals surface area contributed by atoms with Crippen LogP contribution in [0.2, 0.25) is 0 Å². The molecule has 1 saturated heterocycles. The minimum Gasteiger partial charge on any atom is -0.378 e. The quantitative estimate of drug-likeness (QED) is 0.216. The molecule has 3 rings (SSSR count). The zero-order chi connectivity index (χ0) is 30.5. The Kier molecular flexibility index (Phi) is 11.5. The number of benzene rings is 2. The Morgan fingerprint density at radius 2 is 1.43 bits per heavy atom. The fraction of sp³-hybridized carbons (Fsp3) is 0.500. The number of rotatable bonds is 7. The van der Waals surface area contributed by atoms with Gasteiger partial charge < -0.3 is 9.47 Å². The molecule has 0 amide bonds. The van der Waals surface area contributed by atoms with Crippen LogP contribution >= 0.6 is 10.7 Å². The van der Waals surface area contributed by atoms with Crippen molar-refractivity contribution in [2.75, 3.05) is 32.3 Å². The van der Waals surface area contributed by atoms with E-state index in [2.05, 4.69) is 10.7 Å². The first-order valence-electron chi connectivity index (χ1n) is 11.5. The first-order chi connectivity index (χ1) is 18.1. The maximum Gasteiger partial charge on any atom is 0.416 e. The molecular formula is C24H27ClF6O7S2. The van der Waals surface area contributed by atoms with Crippen LogP contribution in [0, 0.1) is 5.92 Å². The minimum atomic E-state index is -4.98. The van der Waals surface area contributed by atoms with Crippen LogP contribution in [0.3, 0.4) is 0 Å². The zero-order valence-corrected chi connectivity index (χ0v) is 23.8. The second-order valence-electron chi connectivity index (χ2n) is 9.06. The van der Waals surface area contributed by atoms with E-state index < -0.39 is 66.7 Å². The summed E-state index contributed by atoms with van der Waals surface area (Å²) in [5, 5.41) is 0. The molecule has 7 nitrogen and oxygen atoms in total. The van der Waals surface area contributed by atoms with Crippen molar-refractivity contribution >= 4 is 29.9 Å². The number of halogens is 7. The van der Waals surface area contributed by atoms with E-state index in [1.807, 2.05) is 0 Å². The van der Waals surface area contributed by atoms with E-state index in [9.17, 15) is 43.2 Å². The van der Waals surface area contributed by atoms with Gasteiger partial charge in [0, 0.05) is 22.5 Å². The molecule has 226 valence electrons. The van der Waals surface area contributed by atoms with E-state index in [1.165, 1.54) is 6.92 Å². The average Bonchev–Trinajstić information content (AvgIpc) is 2.80. The lowest BCUT2D eigenvalue weighted by Crippen LogP contribution is -2.42.